The lowest BCUT2D eigenvalue weighted by Crippen LogP contribution is -2.23. The summed E-state index contributed by atoms with van der Waals surface area (Å²) in [5.41, 5.74) is 1.08. The molecule has 0 aliphatic heterocycles. The van der Waals surface area contributed by atoms with Crippen LogP contribution in [0.3, 0.4) is 0 Å². The van der Waals surface area contributed by atoms with E-state index in [0.29, 0.717) is 17.7 Å². The molecule has 0 radical (unpaired) electrons. The zero-order chi connectivity index (χ0) is 23.1. The molecule has 0 bridgehead atoms. The molecule has 32 heavy (non-hydrogen) atoms. The first-order valence-electron chi connectivity index (χ1n) is 10.1. The van der Waals surface area contributed by atoms with Gasteiger partial charge in [0.2, 0.25) is 0 Å². The van der Waals surface area contributed by atoms with Gasteiger partial charge in [-0.15, -0.1) is 0 Å². The number of amides is 1. The number of aromatic hydroxyl groups is 1. The highest BCUT2D eigenvalue weighted by Gasteiger charge is 2.27. The van der Waals surface area contributed by atoms with Crippen LogP contribution in [-0.2, 0) is 14.3 Å². The van der Waals surface area contributed by atoms with Gasteiger partial charge < -0.3 is 14.6 Å². The van der Waals surface area contributed by atoms with Gasteiger partial charge in [-0.05, 0) is 36.1 Å². The minimum Gasteiger partial charge on any atom is -0.508 e. The fourth-order valence-electron chi connectivity index (χ4n) is 3.38. The Labute approximate surface area is 200 Å². The number of nitrogens with one attached hydrogen (secondary N) is 1. The summed E-state index contributed by atoms with van der Waals surface area (Å²) in [5, 5.41) is 15.1. The van der Waals surface area contributed by atoms with Crippen molar-refractivity contribution in [2.24, 2.45) is 5.92 Å². The molecule has 0 aromatic heterocycles. The van der Waals surface area contributed by atoms with Crippen LogP contribution in [0.2, 0.25) is 0 Å². The molecule has 0 spiro atoms. The molecule has 0 heterocycles. The van der Waals surface area contributed by atoms with Crippen LogP contribution >= 0.6 is 28.6 Å². The quantitative estimate of drug-likeness (QED) is 0.248. The van der Waals surface area contributed by atoms with Crippen molar-refractivity contribution in [2.45, 2.75) is 19.4 Å². The molecule has 2 N–H and O–H groups in total. The van der Waals surface area contributed by atoms with Gasteiger partial charge in [0, 0.05) is 21.3 Å². The van der Waals surface area contributed by atoms with Crippen LogP contribution in [0.1, 0.15) is 25.0 Å². The number of hydrogen-bond donors (Lipinski definition) is 3. The van der Waals surface area contributed by atoms with Gasteiger partial charge in [0.05, 0.1) is 18.0 Å². The third kappa shape index (κ3) is 6.17. The molecule has 0 unspecified atom stereocenters. The van der Waals surface area contributed by atoms with Crippen LogP contribution in [-0.4, -0.2) is 29.5 Å². The highest BCUT2D eigenvalue weighted by atomic mass is 79.9. The van der Waals surface area contributed by atoms with Crippen molar-refractivity contribution in [3.8, 4) is 5.75 Å². The Morgan fingerprint density at radius 3 is 2.66 bits per heavy atom. The first-order valence-corrected chi connectivity index (χ1v) is 11.5. The lowest BCUT2D eigenvalue weighted by molar-refractivity contribution is -0.141. The highest BCUT2D eigenvalue weighted by Crippen LogP contribution is 2.36. The van der Waals surface area contributed by atoms with Crippen molar-refractivity contribution in [1.82, 2.24) is 0 Å². The van der Waals surface area contributed by atoms with Crippen LogP contribution in [0.5, 0.6) is 5.75 Å². The Bertz CT molecular complexity index is 1100. The number of halogens is 1. The first-order chi connectivity index (χ1) is 15.4. The van der Waals surface area contributed by atoms with E-state index in [0.717, 1.165) is 15.2 Å². The normalized spacial score (nSPS) is 12.7. The molecule has 3 aromatic rings. The topological polar surface area (TPSA) is 84.9 Å². The van der Waals surface area contributed by atoms with Gasteiger partial charge in [0.25, 0.3) is 0 Å². The Morgan fingerprint density at radius 1 is 1.12 bits per heavy atom. The zero-order valence-electron chi connectivity index (χ0n) is 17.5. The number of anilines is 1. The maximum absolute atomic E-state index is 12.8. The number of benzene rings is 3. The van der Waals surface area contributed by atoms with Crippen LogP contribution in [0.25, 0.3) is 10.8 Å². The average molecular weight is 518 g/mol. The molecule has 2 atom stereocenters. The van der Waals surface area contributed by atoms with E-state index in [1.54, 1.807) is 18.2 Å². The van der Waals surface area contributed by atoms with Crippen molar-refractivity contribution < 1.29 is 24.2 Å². The summed E-state index contributed by atoms with van der Waals surface area (Å²) >= 11 is 7.29. The standard InChI is InChI=1S/C24H24BrNO5S/c1-15(11-12-30-22(28)14-32)23(19-13-17(25)9-10-21(19)27)31-24(29)26-20-8-4-6-16-5-2-3-7-18(16)20/h2-10,13,15,23,27,32H,11-12,14H2,1H3,(H,26,29)/t15-,23+/m1/s1. The number of carbonyl (C=O) groups is 2. The SMILES string of the molecule is C[C@H](CCOC(=O)CS)[C@H](OC(=O)Nc1cccc2ccccc12)c1cc(Br)ccc1O. The summed E-state index contributed by atoms with van der Waals surface area (Å²) in [4.78, 5) is 24.2. The van der Waals surface area contributed by atoms with Crippen molar-refractivity contribution in [3.63, 3.8) is 0 Å². The number of thiol groups is 1. The van der Waals surface area contributed by atoms with E-state index in [1.807, 2.05) is 43.3 Å². The number of phenolic OH excluding ortho intramolecular Hbond substituents is 1. The highest BCUT2D eigenvalue weighted by molar-refractivity contribution is 9.10. The number of esters is 1. The van der Waals surface area contributed by atoms with E-state index < -0.39 is 18.2 Å². The predicted octanol–water partition coefficient (Wildman–Crippen LogP) is 6.10. The van der Waals surface area contributed by atoms with Gasteiger partial charge in [-0.25, -0.2) is 4.79 Å². The Morgan fingerprint density at radius 2 is 1.88 bits per heavy atom. The molecule has 3 rings (SSSR count). The van der Waals surface area contributed by atoms with Gasteiger partial charge in [-0.3, -0.25) is 10.1 Å². The number of rotatable bonds is 8. The van der Waals surface area contributed by atoms with E-state index in [4.69, 9.17) is 9.47 Å². The summed E-state index contributed by atoms with van der Waals surface area (Å²) < 4.78 is 11.6. The minimum absolute atomic E-state index is 0.00579. The summed E-state index contributed by atoms with van der Waals surface area (Å²) in [6, 6.07) is 18.3. The predicted molar refractivity (Wildman–Crippen MR) is 131 cm³/mol. The summed E-state index contributed by atoms with van der Waals surface area (Å²) in [7, 11) is 0. The molecule has 0 aliphatic rings. The van der Waals surface area contributed by atoms with Gasteiger partial charge >= 0.3 is 12.1 Å². The van der Waals surface area contributed by atoms with Gasteiger partial charge in [0.15, 0.2) is 0 Å². The number of hydrogen-bond acceptors (Lipinski definition) is 6. The molecule has 0 saturated heterocycles. The van der Waals surface area contributed by atoms with Crippen molar-refractivity contribution in [3.05, 3.63) is 70.7 Å². The summed E-state index contributed by atoms with van der Waals surface area (Å²) in [5.74, 6) is -0.665. The second kappa shape index (κ2) is 11.2. The lowest BCUT2D eigenvalue weighted by Gasteiger charge is -2.25. The number of fused-ring (bicyclic) bond motifs is 1. The summed E-state index contributed by atoms with van der Waals surface area (Å²) in [6.45, 7) is 2.02. The number of ether oxygens (including phenoxy) is 2. The molecule has 3 aromatic carbocycles. The molecular formula is C24H24BrNO5S. The van der Waals surface area contributed by atoms with Crippen LogP contribution in [0, 0.1) is 5.92 Å². The molecular weight excluding hydrogens is 494 g/mol. The second-order valence-corrected chi connectivity index (χ2v) is 8.56. The molecule has 8 heteroatoms. The van der Waals surface area contributed by atoms with E-state index in [-0.39, 0.29) is 24.0 Å². The number of phenols is 1. The van der Waals surface area contributed by atoms with Gasteiger partial charge in [-0.1, -0.05) is 59.3 Å². The second-order valence-electron chi connectivity index (χ2n) is 7.33. The van der Waals surface area contributed by atoms with Gasteiger partial charge in [0.1, 0.15) is 11.9 Å². The zero-order valence-corrected chi connectivity index (χ0v) is 19.9. The monoisotopic (exact) mass is 517 g/mol. The fraction of sp³-hybridized carbons (Fsp3) is 0.250. The number of carbonyl (C=O) groups excluding carboxylic acids is 2. The maximum atomic E-state index is 12.8. The Kier molecular flexibility index (Phi) is 8.41. The third-order valence-electron chi connectivity index (χ3n) is 5.04. The molecule has 0 aliphatic carbocycles. The molecule has 1 amide bonds. The van der Waals surface area contributed by atoms with E-state index >= 15 is 0 Å². The lowest BCUT2D eigenvalue weighted by atomic mass is 9.94. The Balaban J connectivity index is 1.80. The van der Waals surface area contributed by atoms with E-state index in [1.165, 1.54) is 6.07 Å². The molecule has 6 nitrogen and oxygen atoms in total. The van der Waals surface area contributed by atoms with Gasteiger partial charge in [-0.2, -0.15) is 12.6 Å². The van der Waals surface area contributed by atoms with Crippen LogP contribution in [0.15, 0.2) is 65.1 Å². The largest absolute Gasteiger partial charge is 0.508 e. The van der Waals surface area contributed by atoms with E-state index in [2.05, 4.69) is 33.9 Å². The van der Waals surface area contributed by atoms with Crippen LogP contribution in [0.4, 0.5) is 10.5 Å². The molecule has 168 valence electrons. The molecule has 0 fully saturated rings. The summed E-state index contributed by atoms with van der Waals surface area (Å²) in [6.07, 6.45) is -0.986. The molecule has 0 saturated carbocycles. The minimum atomic E-state index is -0.767. The van der Waals surface area contributed by atoms with Crippen molar-refractivity contribution >= 4 is 57.1 Å². The average Bonchev–Trinajstić information content (AvgIpc) is 2.79. The Hall–Kier alpha value is -2.71. The van der Waals surface area contributed by atoms with Crippen molar-refractivity contribution in [2.75, 3.05) is 17.7 Å². The first kappa shape index (κ1) is 23.9. The van der Waals surface area contributed by atoms with Crippen LogP contribution < -0.4 is 5.32 Å². The smallest absolute Gasteiger partial charge is 0.412 e. The fourth-order valence-corrected chi connectivity index (χ4v) is 3.85. The third-order valence-corrected chi connectivity index (χ3v) is 5.79. The maximum Gasteiger partial charge on any atom is 0.412 e. The van der Waals surface area contributed by atoms with E-state index in [9.17, 15) is 14.7 Å². The van der Waals surface area contributed by atoms with Crippen molar-refractivity contribution in [1.29, 1.82) is 0 Å².